The van der Waals surface area contributed by atoms with Crippen molar-refractivity contribution in [3.05, 3.63) is 10.4 Å². The van der Waals surface area contributed by atoms with E-state index in [0.29, 0.717) is 0 Å². The minimum atomic E-state index is -2.88. The van der Waals surface area contributed by atoms with Gasteiger partial charge in [-0.1, -0.05) is 0 Å². The third-order valence-electron chi connectivity index (χ3n) is 1.72. The maximum Gasteiger partial charge on any atom is 0.227 e. The molecule has 0 unspecified atom stereocenters. The van der Waals surface area contributed by atoms with Crippen LogP contribution in [-0.2, 0) is 4.79 Å². The van der Waals surface area contributed by atoms with Crippen molar-refractivity contribution in [1.29, 1.82) is 0 Å². The molecule has 0 aliphatic heterocycles. The van der Waals surface area contributed by atoms with Gasteiger partial charge >= 0.3 is 0 Å². The van der Waals surface area contributed by atoms with Crippen molar-refractivity contribution >= 4 is 6.29 Å². The number of aldehydes is 1. The highest BCUT2D eigenvalue weighted by Gasteiger charge is 2.42. The fourth-order valence-electron chi connectivity index (χ4n) is 0.794. The minimum absolute atomic E-state index is 0.287. The lowest BCUT2D eigenvalue weighted by molar-refractivity contribution is -0.162. The first-order valence-corrected chi connectivity index (χ1v) is 3.83. The van der Waals surface area contributed by atoms with Crippen LogP contribution in [0.2, 0.25) is 0 Å². The van der Waals surface area contributed by atoms with Gasteiger partial charge in [-0.25, -0.2) is 0 Å². The predicted molar refractivity (Wildman–Crippen MR) is 45.3 cm³/mol. The van der Waals surface area contributed by atoms with Gasteiger partial charge in [0.25, 0.3) is 0 Å². The average Bonchev–Trinajstić information content (AvgIpc) is 2.26. The second-order valence-corrected chi connectivity index (χ2v) is 2.78. The van der Waals surface area contributed by atoms with E-state index in [1.165, 1.54) is 0 Å². The van der Waals surface area contributed by atoms with Gasteiger partial charge < -0.3 is 25.5 Å². The molecular formula is C6H11N3O6. The number of hydrogen-bond acceptors (Lipinski definition) is 7. The van der Waals surface area contributed by atoms with Crippen LogP contribution in [0.5, 0.6) is 0 Å². The zero-order valence-corrected chi connectivity index (χ0v) is 7.50. The Labute approximate surface area is 83.8 Å². The molecule has 9 heteroatoms. The minimum Gasteiger partial charge on any atom is -0.394 e. The molecule has 86 valence electrons. The van der Waals surface area contributed by atoms with Crippen LogP contribution < -0.4 is 0 Å². The Morgan fingerprint density at radius 3 is 2.33 bits per heavy atom. The molecule has 0 amide bonds. The molecule has 15 heavy (non-hydrogen) atoms. The molecule has 0 heterocycles. The topological polar surface area (TPSA) is 167 Å². The summed E-state index contributed by atoms with van der Waals surface area (Å²) in [4.78, 5) is 12.4. The van der Waals surface area contributed by atoms with Crippen molar-refractivity contribution in [3.63, 3.8) is 0 Å². The Kier molecular flexibility index (Phi) is 5.15. The van der Waals surface area contributed by atoms with Crippen molar-refractivity contribution in [2.24, 2.45) is 5.11 Å². The molecule has 0 saturated carbocycles. The number of carbonyl (C=O) groups is 1. The highest BCUT2D eigenvalue weighted by molar-refractivity contribution is 5.62. The van der Waals surface area contributed by atoms with E-state index in [0.717, 1.165) is 0 Å². The fraction of sp³-hybridized carbons (Fsp3) is 0.833. The van der Waals surface area contributed by atoms with Crippen LogP contribution in [0.4, 0.5) is 0 Å². The molecule has 0 spiro atoms. The summed E-state index contributed by atoms with van der Waals surface area (Å²) >= 11 is 0. The Morgan fingerprint density at radius 1 is 1.47 bits per heavy atom. The smallest absolute Gasteiger partial charge is 0.227 e. The predicted octanol–water partition coefficient (Wildman–Crippen LogP) is -2.74. The lowest BCUT2D eigenvalue weighted by atomic mass is 10.00. The van der Waals surface area contributed by atoms with Gasteiger partial charge in [0.05, 0.1) is 6.61 Å². The maximum atomic E-state index is 10.3. The summed E-state index contributed by atoms with van der Waals surface area (Å²) in [6, 6.07) is 0. The van der Waals surface area contributed by atoms with E-state index in [2.05, 4.69) is 10.0 Å². The molecule has 4 atom stereocenters. The Morgan fingerprint density at radius 2 is 2.00 bits per heavy atom. The summed E-state index contributed by atoms with van der Waals surface area (Å²) in [6.45, 7) is -0.899. The quantitative estimate of drug-likeness (QED) is 0.141. The molecule has 0 aromatic carbocycles. The molecule has 5 N–H and O–H groups in total. The first-order valence-electron chi connectivity index (χ1n) is 3.83. The van der Waals surface area contributed by atoms with Crippen LogP contribution in [0.3, 0.4) is 0 Å². The first-order chi connectivity index (χ1) is 6.92. The van der Waals surface area contributed by atoms with Crippen molar-refractivity contribution < 1.29 is 30.3 Å². The molecule has 0 aliphatic rings. The summed E-state index contributed by atoms with van der Waals surface area (Å²) in [7, 11) is 0. The van der Waals surface area contributed by atoms with E-state index in [1.54, 1.807) is 0 Å². The van der Waals surface area contributed by atoms with Gasteiger partial charge in [-0.2, -0.15) is 0 Å². The van der Waals surface area contributed by atoms with Crippen molar-refractivity contribution in [3.8, 4) is 0 Å². The third-order valence-corrected chi connectivity index (χ3v) is 1.72. The molecule has 0 aromatic heterocycles. The second-order valence-electron chi connectivity index (χ2n) is 2.78. The highest BCUT2D eigenvalue weighted by Crippen LogP contribution is 2.15. The summed E-state index contributed by atoms with van der Waals surface area (Å²) < 4.78 is 0. The Hall–Kier alpha value is -1.22. The summed E-state index contributed by atoms with van der Waals surface area (Å²) in [6.07, 6.45) is -6.34. The van der Waals surface area contributed by atoms with E-state index in [9.17, 15) is 15.0 Å². The lowest BCUT2D eigenvalue weighted by Gasteiger charge is -2.28. The number of aliphatic hydroxyl groups excluding tert-OH is 4. The van der Waals surface area contributed by atoms with Gasteiger partial charge in [-0.05, 0) is 10.6 Å². The standard InChI is InChI=1S/C6H11N3O6/c7-9-8-6(15,2-11)5(14)4(13)3(12)1-10/h2-5,10,12-15H,1H2/t3-,4-,5+,6+/m1/s1. The van der Waals surface area contributed by atoms with Gasteiger partial charge in [0, 0.05) is 4.91 Å². The molecule has 0 aliphatic carbocycles. The molecule has 9 nitrogen and oxygen atoms in total. The van der Waals surface area contributed by atoms with Crippen LogP contribution in [0, 0.1) is 0 Å². The molecule has 0 fully saturated rings. The lowest BCUT2D eigenvalue weighted by Crippen LogP contribution is -2.53. The zero-order chi connectivity index (χ0) is 12.1. The number of hydrogen-bond donors (Lipinski definition) is 5. The van der Waals surface area contributed by atoms with Crippen molar-refractivity contribution in [1.82, 2.24) is 0 Å². The van der Waals surface area contributed by atoms with Crippen molar-refractivity contribution in [2.75, 3.05) is 6.61 Å². The zero-order valence-electron chi connectivity index (χ0n) is 7.50. The fourth-order valence-corrected chi connectivity index (χ4v) is 0.794. The summed E-state index contributed by atoms with van der Waals surface area (Å²) in [5.41, 5.74) is 5.11. The molecule has 0 rings (SSSR count). The van der Waals surface area contributed by atoms with E-state index in [4.69, 9.17) is 20.9 Å². The van der Waals surface area contributed by atoms with Crippen LogP contribution in [0.15, 0.2) is 5.11 Å². The maximum absolute atomic E-state index is 10.3. The van der Waals surface area contributed by atoms with Gasteiger partial charge in [0.1, 0.15) is 18.3 Å². The van der Waals surface area contributed by atoms with Crippen LogP contribution in [0.25, 0.3) is 10.4 Å². The van der Waals surface area contributed by atoms with Gasteiger partial charge in [0.15, 0.2) is 6.29 Å². The monoisotopic (exact) mass is 221 g/mol. The summed E-state index contributed by atoms with van der Waals surface area (Å²) in [5.74, 6) is 0. The Balaban J connectivity index is 4.86. The van der Waals surface area contributed by atoms with Gasteiger partial charge in [-0.15, -0.1) is 0 Å². The van der Waals surface area contributed by atoms with Crippen LogP contribution in [-0.4, -0.2) is 62.5 Å². The number of nitrogens with zero attached hydrogens (tertiary/aromatic N) is 3. The molecular weight excluding hydrogens is 210 g/mol. The van der Waals surface area contributed by atoms with Gasteiger partial charge in [-0.3, -0.25) is 4.79 Å². The largest absolute Gasteiger partial charge is 0.394 e. The van der Waals surface area contributed by atoms with E-state index < -0.39 is 30.6 Å². The van der Waals surface area contributed by atoms with Gasteiger partial charge in [0.2, 0.25) is 5.72 Å². The first kappa shape index (κ1) is 13.8. The number of rotatable bonds is 6. The SMILES string of the molecule is [N-]=[N+]=N[C@](O)(C=O)[C@@H](O)[C@H](O)[C@H](O)CO. The summed E-state index contributed by atoms with van der Waals surface area (Å²) in [5, 5.41) is 47.4. The molecule has 0 bridgehead atoms. The molecule has 0 aromatic rings. The number of aliphatic hydroxyl groups is 5. The highest BCUT2D eigenvalue weighted by atomic mass is 16.4. The normalized spacial score (nSPS) is 20.6. The third kappa shape index (κ3) is 3.13. The average molecular weight is 221 g/mol. The van der Waals surface area contributed by atoms with Crippen LogP contribution >= 0.6 is 0 Å². The van der Waals surface area contributed by atoms with E-state index in [-0.39, 0.29) is 6.29 Å². The van der Waals surface area contributed by atoms with Crippen LogP contribution in [0.1, 0.15) is 0 Å². The number of azide groups is 1. The Bertz CT molecular complexity index is 268. The van der Waals surface area contributed by atoms with Crippen molar-refractivity contribution in [2.45, 2.75) is 24.0 Å². The molecule has 0 radical (unpaired) electrons. The van der Waals surface area contributed by atoms with E-state index in [1.807, 2.05) is 0 Å². The molecule has 0 saturated heterocycles. The number of carbonyl (C=O) groups excluding carboxylic acids is 1. The van der Waals surface area contributed by atoms with E-state index >= 15 is 0 Å². The second kappa shape index (κ2) is 5.61.